The number of carbonyl (C=O) groups is 1. The van der Waals surface area contributed by atoms with E-state index in [-0.39, 0.29) is 30.0 Å². The van der Waals surface area contributed by atoms with Gasteiger partial charge in [0.05, 0.1) is 7.11 Å². The van der Waals surface area contributed by atoms with Crippen LogP contribution in [0.2, 0.25) is 0 Å². The Bertz CT molecular complexity index is 811. The summed E-state index contributed by atoms with van der Waals surface area (Å²) in [6, 6.07) is 13.3. The van der Waals surface area contributed by atoms with Crippen molar-refractivity contribution in [3.8, 4) is 11.5 Å². The van der Waals surface area contributed by atoms with E-state index in [1.54, 1.807) is 12.1 Å². The molecule has 0 aliphatic heterocycles. The number of ether oxygens (including phenoxy) is 2. The molecule has 2 aromatic rings. The first-order valence-electron chi connectivity index (χ1n) is 10.1. The van der Waals surface area contributed by atoms with Crippen molar-refractivity contribution in [2.24, 2.45) is 5.92 Å². The van der Waals surface area contributed by atoms with Crippen LogP contribution in [0.25, 0.3) is 0 Å². The first-order valence-corrected chi connectivity index (χ1v) is 10.1. The highest BCUT2D eigenvalue weighted by Crippen LogP contribution is 2.29. The van der Waals surface area contributed by atoms with Crippen molar-refractivity contribution in [3.63, 3.8) is 0 Å². The molecule has 2 rings (SSSR count). The minimum Gasteiger partial charge on any atom is -0.493 e. The van der Waals surface area contributed by atoms with Gasteiger partial charge in [-0.25, -0.2) is 0 Å². The number of hydrogen-bond acceptors (Lipinski definition) is 3. The van der Waals surface area contributed by atoms with E-state index in [2.05, 4.69) is 55.1 Å². The molecule has 0 aliphatic carbocycles. The zero-order valence-electron chi connectivity index (χ0n) is 18.0. The summed E-state index contributed by atoms with van der Waals surface area (Å²) in [5, 5.41) is 4.90. The van der Waals surface area contributed by atoms with Crippen LogP contribution in [-0.4, -0.2) is 26.2 Å². The van der Waals surface area contributed by atoms with Gasteiger partial charge in [-0.1, -0.05) is 51.1 Å². The molecule has 0 aromatic heterocycles. The Morgan fingerprint density at radius 1 is 1.07 bits per heavy atom. The number of quaternary nitrogens is 1. The third-order valence-electron chi connectivity index (χ3n) is 4.98. The van der Waals surface area contributed by atoms with Crippen LogP contribution in [0.3, 0.4) is 0 Å². The highest BCUT2D eigenvalue weighted by Gasteiger charge is 2.20. The number of halogens is 2. The predicted octanol–water partition coefficient (Wildman–Crippen LogP) is 3.44. The van der Waals surface area contributed by atoms with E-state index in [4.69, 9.17) is 4.74 Å². The lowest BCUT2D eigenvalue weighted by molar-refractivity contribution is -0.692. The van der Waals surface area contributed by atoms with E-state index in [1.165, 1.54) is 24.3 Å². The third-order valence-corrected chi connectivity index (χ3v) is 4.98. The fraction of sp³-hybridized carbons (Fsp3) is 0.435. The van der Waals surface area contributed by atoms with Gasteiger partial charge < -0.3 is 20.1 Å². The van der Waals surface area contributed by atoms with E-state index < -0.39 is 6.61 Å². The molecule has 0 heterocycles. The van der Waals surface area contributed by atoms with Crippen LogP contribution in [0.1, 0.15) is 43.5 Å². The Morgan fingerprint density at radius 3 is 2.30 bits per heavy atom. The molecule has 0 saturated heterocycles. The second kappa shape index (κ2) is 11.5. The zero-order chi connectivity index (χ0) is 22.1. The minimum atomic E-state index is -2.92. The Hall–Kier alpha value is -2.67. The lowest BCUT2D eigenvalue weighted by Gasteiger charge is -2.20. The highest BCUT2D eigenvalue weighted by atomic mass is 19.3. The second-order valence-corrected chi connectivity index (χ2v) is 7.45. The maximum atomic E-state index is 12.4. The largest absolute Gasteiger partial charge is 0.493 e. The molecule has 1 amide bonds. The van der Waals surface area contributed by atoms with Crippen LogP contribution in [-0.2, 0) is 17.8 Å². The molecule has 3 N–H and O–H groups in total. The van der Waals surface area contributed by atoms with E-state index >= 15 is 0 Å². The van der Waals surface area contributed by atoms with Crippen molar-refractivity contribution in [1.82, 2.24) is 5.32 Å². The predicted molar refractivity (Wildman–Crippen MR) is 112 cm³/mol. The molecule has 1 atom stereocenters. The molecule has 2 aromatic carbocycles. The molecule has 0 radical (unpaired) electrons. The molecule has 0 unspecified atom stereocenters. The molecule has 0 spiro atoms. The maximum absolute atomic E-state index is 12.4. The van der Waals surface area contributed by atoms with Crippen molar-refractivity contribution in [3.05, 3.63) is 59.2 Å². The Balaban J connectivity index is 1.91. The summed E-state index contributed by atoms with van der Waals surface area (Å²) in [6.45, 7) is 4.05. The standard InChI is InChI=1S/C23H30F2N2O3/c1-5-16-6-9-18(10-7-16)22(15(2)3)27-14-21(28)26-13-17-8-11-19(30-23(24)25)20(12-17)29-4/h6-12,15,22-23,27H,5,13-14H2,1-4H3,(H,26,28)/p+1/t22-/m0/s1. The number of hydrogen-bond donors (Lipinski definition) is 2. The van der Waals surface area contributed by atoms with Gasteiger partial charge in [0.15, 0.2) is 18.0 Å². The van der Waals surface area contributed by atoms with Crippen molar-refractivity contribution in [2.45, 2.75) is 46.4 Å². The van der Waals surface area contributed by atoms with Gasteiger partial charge in [-0.15, -0.1) is 0 Å². The van der Waals surface area contributed by atoms with Crippen molar-refractivity contribution < 1.29 is 28.4 Å². The average Bonchev–Trinajstić information content (AvgIpc) is 2.73. The van der Waals surface area contributed by atoms with Gasteiger partial charge in [0.25, 0.3) is 5.91 Å². The van der Waals surface area contributed by atoms with Crippen LogP contribution >= 0.6 is 0 Å². The topological polar surface area (TPSA) is 64.2 Å². The smallest absolute Gasteiger partial charge is 0.387 e. The van der Waals surface area contributed by atoms with Crippen LogP contribution < -0.4 is 20.1 Å². The minimum absolute atomic E-state index is 0.0372. The second-order valence-electron chi connectivity index (χ2n) is 7.45. The quantitative estimate of drug-likeness (QED) is 0.584. The summed E-state index contributed by atoms with van der Waals surface area (Å²) >= 11 is 0. The van der Waals surface area contributed by atoms with Crippen LogP contribution in [0.15, 0.2) is 42.5 Å². The molecule has 7 heteroatoms. The van der Waals surface area contributed by atoms with Crippen molar-refractivity contribution >= 4 is 5.91 Å². The summed E-state index contributed by atoms with van der Waals surface area (Å²) in [6.07, 6.45) is 0.999. The van der Waals surface area contributed by atoms with Gasteiger partial charge >= 0.3 is 6.61 Å². The molecule has 0 aliphatic rings. The summed E-state index contributed by atoms with van der Waals surface area (Å²) in [5.41, 5.74) is 3.23. The van der Waals surface area contributed by atoms with E-state index in [9.17, 15) is 13.6 Å². The van der Waals surface area contributed by atoms with Gasteiger partial charge in [-0.3, -0.25) is 4.79 Å². The summed E-state index contributed by atoms with van der Waals surface area (Å²) < 4.78 is 34.3. The number of amides is 1. The third kappa shape index (κ3) is 6.99. The fourth-order valence-electron chi connectivity index (χ4n) is 3.29. The number of aryl methyl sites for hydroxylation is 1. The molecule has 0 fully saturated rings. The van der Waals surface area contributed by atoms with Crippen molar-refractivity contribution in [2.75, 3.05) is 13.7 Å². The fourth-order valence-corrected chi connectivity index (χ4v) is 3.29. The average molecular weight is 422 g/mol. The van der Waals surface area contributed by atoms with Crippen molar-refractivity contribution in [1.29, 1.82) is 0 Å². The SMILES string of the molecule is CCc1ccc([C@@H]([NH2+]CC(=O)NCc2ccc(OC(F)F)c(OC)c2)C(C)C)cc1. The van der Waals surface area contributed by atoms with E-state index in [1.807, 2.05) is 5.32 Å². The maximum Gasteiger partial charge on any atom is 0.387 e. The van der Waals surface area contributed by atoms with Crippen LogP contribution in [0, 0.1) is 5.92 Å². The van der Waals surface area contributed by atoms with Gasteiger partial charge in [0.1, 0.15) is 6.04 Å². The van der Waals surface area contributed by atoms with Crippen LogP contribution in [0.4, 0.5) is 8.78 Å². The molecule has 164 valence electrons. The number of nitrogens with one attached hydrogen (secondary N) is 1. The first kappa shape index (κ1) is 23.6. The summed E-state index contributed by atoms with van der Waals surface area (Å²) in [4.78, 5) is 12.3. The number of nitrogens with two attached hydrogens (primary N) is 1. The van der Waals surface area contributed by atoms with Gasteiger partial charge in [0.2, 0.25) is 0 Å². The summed E-state index contributed by atoms with van der Waals surface area (Å²) in [7, 11) is 1.38. The Labute approximate surface area is 176 Å². The lowest BCUT2D eigenvalue weighted by atomic mass is 9.95. The molecular formula is C23H31F2N2O3+. The molecule has 0 saturated carbocycles. The molecule has 0 bridgehead atoms. The molecule has 30 heavy (non-hydrogen) atoms. The van der Waals surface area contributed by atoms with Crippen LogP contribution in [0.5, 0.6) is 11.5 Å². The lowest BCUT2D eigenvalue weighted by Crippen LogP contribution is -2.88. The molecular weight excluding hydrogens is 390 g/mol. The number of rotatable bonds is 11. The molecule has 5 nitrogen and oxygen atoms in total. The highest BCUT2D eigenvalue weighted by molar-refractivity contribution is 5.76. The van der Waals surface area contributed by atoms with Gasteiger partial charge in [-0.05, 0) is 29.7 Å². The normalized spacial score (nSPS) is 12.1. The van der Waals surface area contributed by atoms with E-state index in [0.717, 1.165) is 12.0 Å². The monoisotopic (exact) mass is 421 g/mol. The Morgan fingerprint density at radius 2 is 1.73 bits per heavy atom. The number of methoxy groups -OCH3 is 1. The number of carbonyl (C=O) groups excluding carboxylic acids is 1. The van der Waals surface area contributed by atoms with Gasteiger partial charge in [0, 0.05) is 18.0 Å². The first-order chi connectivity index (χ1) is 14.3. The zero-order valence-corrected chi connectivity index (χ0v) is 18.0. The van der Waals surface area contributed by atoms with Gasteiger partial charge in [-0.2, -0.15) is 8.78 Å². The number of alkyl halides is 2. The summed E-state index contributed by atoms with van der Waals surface area (Å²) in [5.74, 6) is 0.434. The van der Waals surface area contributed by atoms with E-state index in [0.29, 0.717) is 12.5 Å². The Kier molecular flexibility index (Phi) is 9.05. The number of benzene rings is 2.